The van der Waals surface area contributed by atoms with Gasteiger partial charge in [-0.15, -0.1) is 11.3 Å². The second kappa shape index (κ2) is 10.5. The molecular weight excluding hydrogens is 440 g/mol. The van der Waals surface area contributed by atoms with Crippen LogP contribution < -0.4 is 4.74 Å². The summed E-state index contributed by atoms with van der Waals surface area (Å²) in [6, 6.07) is 10.2. The Bertz CT molecular complexity index is 994. The van der Waals surface area contributed by atoms with Crippen molar-refractivity contribution in [2.45, 2.75) is 19.9 Å². The number of carbonyl (C=O) groups is 2. The molecule has 2 aromatic rings. The van der Waals surface area contributed by atoms with E-state index in [4.69, 9.17) is 9.47 Å². The molecule has 4 rings (SSSR count). The van der Waals surface area contributed by atoms with Crippen LogP contribution in [0.3, 0.4) is 0 Å². The van der Waals surface area contributed by atoms with E-state index in [0.717, 1.165) is 18.0 Å². The van der Waals surface area contributed by atoms with Gasteiger partial charge < -0.3 is 19.5 Å². The molecule has 0 aliphatic carbocycles. The van der Waals surface area contributed by atoms with Crippen molar-refractivity contribution >= 4 is 28.8 Å². The molecule has 0 bridgehead atoms. The van der Waals surface area contributed by atoms with E-state index in [1.807, 2.05) is 17.5 Å². The maximum Gasteiger partial charge on any atom is 0.295 e. The van der Waals surface area contributed by atoms with Crippen LogP contribution >= 0.6 is 11.3 Å². The van der Waals surface area contributed by atoms with Gasteiger partial charge >= 0.3 is 0 Å². The number of ether oxygens (including phenoxy) is 2. The summed E-state index contributed by atoms with van der Waals surface area (Å²) in [6.07, 6.45) is 0. The van der Waals surface area contributed by atoms with Crippen molar-refractivity contribution in [3.8, 4) is 5.75 Å². The zero-order valence-corrected chi connectivity index (χ0v) is 19.8. The van der Waals surface area contributed by atoms with Crippen LogP contribution in [0.4, 0.5) is 0 Å². The molecular formula is C25H30N2O5S. The fourth-order valence-electron chi connectivity index (χ4n) is 4.05. The average Bonchev–Trinajstić information content (AvgIpc) is 3.44. The summed E-state index contributed by atoms with van der Waals surface area (Å²) in [5.41, 5.74) is 0.625. The molecule has 2 saturated heterocycles. The SMILES string of the molecule is CC(C)COc1ccc(/C(O)=C2\C(=O)C(=O)N(CCN3CCOCC3)[C@@H]2c2cccs2)cc1. The van der Waals surface area contributed by atoms with Gasteiger partial charge in [-0.25, -0.2) is 0 Å². The van der Waals surface area contributed by atoms with Crippen molar-refractivity contribution in [1.29, 1.82) is 0 Å². The minimum absolute atomic E-state index is 0.139. The first-order valence-corrected chi connectivity index (χ1v) is 12.2. The van der Waals surface area contributed by atoms with Crippen LogP contribution in [0.25, 0.3) is 5.76 Å². The highest BCUT2D eigenvalue weighted by molar-refractivity contribution is 7.10. The second-order valence-electron chi connectivity index (χ2n) is 8.69. The Labute approximate surface area is 198 Å². The molecule has 0 radical (unpaired) electrons. The van der Waals surface area contributed by atoms with Crippen LogP contribution in [0.15, 0.2) is 47.4 Å². The molecule has 1 aromatic heterocycles. The lowest BCUT2D eigenvalue weighted by Crippen LogP contribution is -2.42. The molecule has 1 amide bonds. The Morgan fingerprint density at radius 3 is 2.52 bits per heavy atom. The van der Waals surface area contributed by atoms with Gasteiger partial charge in [0.25, 0.3) is 11.7 Å². The Hall–Kier alpha value is -2.68. The third kappa shape index (κ3) is 5.29. The lowest BCUT2D eigenvalue weighted by atomic mass is 10.00. The maximum absolute atomic E-state index is 13.1. The molecule has 2 aliphatic rings. The molecule has 2 fully saturated rings. The Kier molecular flexibility index (Phi) is 7.47. The van der Waals surface area contributed by atoms with Crippen LogP contribution in [0.5, 0.6) is 5.75 Å². The van der Waals surface area contributed by atoms with Crippen molar-refractivity contribution in [2.75, 3.05) is 46.0 Å². The summed E-state index contributed by atoms with van der Waals surface area (Å²) in [4.78, 5) is 30.7. The van der Waals surface area contributed by atoms with E-state index in [-0.39, 0.29) is 11.3 Å². The number of carbonyl (C=O) groups excluding carboxylic acids is 2. The lowest BCUT2D eigenvalue weighted by Gasteiger charge is -2.30. The van der Waals surface area contributed by atoms with Gasteiger partial charge in [-0.2, -0.15) is 0 Å². The monoisotopic (exact) mass is 470 g/mol. The number of hydrogen-bond donors (Lipinski definition) is 1. The predicted octanol–water partition coefficient (Wildman–Crippen LogP) is 3.54. The van der Waals surface area contributed by atoms with Crippen molar-refractivity contribution in [1.82, 2.24) is 9.80 Å². The summed E-state index contributed by atoms with van der Waals surface area (Å²) in [7, 11) is 0. The fraction of sp³-hybridized carbons (Fsp3) is 0.440. The molecule has 1 atom stereocenters. The zero-order chi connectivity index (χ0) is 23.4. The molecule has 7 nitrogen and oxygen atoms in total. The number of likely N-dealkylation sites (tertiary alicyclic amines) is 1. The molecule has 3 heterocycles. The summed E-state index contributed by atoms with van der Waals surface area (Å²) >= 11 is 1.47. The van der Waals surface area contributed by atoms with E-state index in [2.05, 4.69) is 18.7 Å². The van der Waals surface area contributed by atoms with E-state index < -0.39 is 17.7 Å². The smallest absolute Gasteiger partial charge is 0.295 e. The van der Waals surface area contributed by atoms with Gasteiger partial charge in [0, 0.05) is 36.6 Å². The van der Waals surface area contributed by atoms with Crippen LogP contribution in [-0.2, 0) is 14.3 Å². The summed E-state index contributed by atoms with van der Waals surface area (Å²) in [6.45, 7) is 8.75. The number of hydrogen-bond acceptors (Lipinski definition) is 7. The van der Waals surface area contributed by atoms with E-state index in [9.17, 15) is 14.7 Å². The topological polar surface area (TPSA) is 79.3 Å². The van der Waals surface area contributed by atoms with Crippen LogP contribution in [0.1, 0.15) is 30.3 Å². The fourth-order valence-corrected chi connectivity index (χ4v) is 4.90. The molecule has 176 valence electrons. The van der Waals surface area contributed by atoms with Gasteiger partial charge in [0.15, 0.2) is 0 Å². The molecule has 0 spiro atoms. The molecule has 1 aromatic carbocycles. The van der Waals surface area contributed by atoms with Gasteiger partial charge in [0.1, 0.15) is 11.5 Å². The number of benzene rings is 1. The Morgan fingerprint density at radius 1 is 1.15 bits per heavy atom. The summed E-state index contributed by atoms with van der Waals surface area (Å²) in [5, 5.41) is 13.1. The van der Waals surface area contributed by atoms with E-state index in [0.29, 0.717) is 50.1 Å². The molecule has 33 heavy (non-hydrogen) atoms. The lowest BCUT2D eigenvalue weighted by molar-refractivity contribution is -0.140. The van der Waals surface area contributed by atoms with Crippen LogP contribution in [-0.4, -0.2) is 72.6 Å². The van der Waals surface area contributed by atoms with Crippen molar-refractivity contribution < 1.29 is 24.2 Å². The van der Waals surface area contributed by atoms with Crippen molar-refractivity contribution in [3.05, 3.63) is 57.8 Å². The third-order valence-electron chi connectivity index (χ3n) is 5.82. The first kappa shape index (κ1) is 23.5. The molecule has 1 N–H and O–H groups in total. The van der Waals surface area contributed by atoms with Gasteiger partial charge in [-0.1, -0.05) is 19.9 Å². The molecule has 0 unspecified atom stereocenters. The van der Waals surface area contributed by atoms with Crippen LogP contribution in [0, 0.1) is 5.92 Å². The van der Waals surface area contributed by atoms with Gasteiger partial charge in [-0.05, 0) is 41.6 Å². The minimum Gasteiger partial charge on any atom is -0.507 e. The van der Waals surface area contributed by atoms with Crippen molar-refractivity contribution in [3.63, 3.8) is 0 Å². The standard InChI is InChI=1S/C25H30N2O5S/c1-17(2)16-32-19-7-5-18(6-8-19)23(28)21-22(20-4-3-15-33-20)27(25(30)24(21)29)10-9-26-11-13-31-14-12-26/h3-8,15,17,22,28H,9-14,16H2,1-2H3/b23-21+/t22-/m1/s1. The number of Topliss-reactive ketones (excluding diaryl/α,β-unsaturated/α-hetero) is 1. The van der Waals surface area contributed by atoms with Gasteiger partial charge in [0.05, 0.1) is 31.4 Å². The Balaban J connectivity index is 1.61. The number of ketones is 1. The maximum atomic E-state index is 13.1. The normalized spacial score (nSPS) is 21.2. The first-order chi connectivity index (χ1) is 16.0. The van der Waals surface area contributed by atoms with Gasteiger partial charge in [-0.3, -0.25) is 14.5 Å². The number of rotatable bonds is 8. The van der Waals surface area contributed by atoms with E-state index in [1.165, 1.54) is 11.3 Å². The molecule has 8 heteroatoms. The van der Waals surface area contributed by atoms with E-state index in [1.54, 1.807) is 29.2 Å². The summed E-state index contributed by atoms with van der Waals surface area (Å²) < 4.78 is 11.1. The number of aliphatic hydroxyl groups excluding tert-OH is 1. The van der Waals surface area contributed by atoms with Gasteiger partial charge in [0.2, 0.25) is 0 Å². The summed E-state index contributed by atoms with van der Waals surface area (Å²) in [5.74, 6) is -0.275. The highest BCUT2D eigenvalue weighted by Crippen LogP contribution is 2.41. The first-order valence-electron chi connectivity index (χ1n) is 11.3. The second-order valence-corrected chi connectivity index (χ2v) is 9.67. The highest BCUT2D eigenvalue weighted by atomic mass is 32.1. The predicted molar refractivity (Wildman–Crippen MR) is 127 cm³/mol. The zero-order valence-electron chi connectivity index (χ0n) is 19.0. The average molecular weight is 471 g/mol. The number of aliphatic hydroxyl groups is 1. The number of thiophene rings is 1. The van der Waals surface area contributed by atoms with Crippen molar-refractivity contribution in [2.24, 2.45) is 5.92 Å². The quantitative estimate of drug-likeness (QED) is 0.361. The number of morpholine rings is 1. The minimum atomic E-state index is -0.645. The third-order valence-corrected chi connectivity index (χ3v) is 6.75. The van der Waals surface area contributed by atoms with Crippen LogP contribution in [0.2, 0.25) is 0 Å². The molecule has 0 saturated carbocycles. The number of nitrogens with zero attached hydrogens (tertiary/aromatic N) is 2. The van der Waals surface area contributed by atoms with E-state index >= 15 is 0 Å². The number of amides is 1. The highest BCUT2D eigenvalue weighted by Gasteiger charge is 2.46. The Morgan fingerprint density at radius 2 is 1.88 bits per heavy atom. The molecule has 2 aliphatic heterocycles. The largest absolute Gasteiger partial charge is 0.507 e.